The van der Waals surface area contributed by atoms with Gasteiger partial charge >= 0.3 is 0 Å². The molecule has 1 aromatic heterocycles. The lowest BCUT2D eigenvalue weighted by molar-refractivity contribution is -0.116. The number of amides is 2. The first kappa shape index (κ1) is 17.7. The first-order valence-electron chi connectivity index (χ1n) is 7.91. The van der Waals surface area contributed by atoms with Crippen molar-refractivity contribution in [2.75, 3.05) is 5.32 Å². The minimum atomic E-state index is -0.208. The molecule has 0 radical (unpaired) electrons. The van der Waals surface area contributed by atoms with Gasteiger partial charge in [-0.05, 0) is 43.5 Å². The van der Waals surface area contributed by atoms with Crippen molar-refractivity contribution in [3.8, 4) is 0 Å². The summed E-state index contributed by atoms with van der Waals surface area (Å²) in [4.78, 5) is 28.2. The number of benzene rings is 1. The van der Waals surface area contributed by atoms with Crippen molar-refractivity contribution in [2.24, 2.45) is 5.92 Å². The van der Waals surface area contributed by atoms with Crippen LogP contribution < -0.4 is 10.6 Å². The lowest BCUT2D eigenvalue weighted by atomic mass is 10.1. The van der Waals surface area contributed by atoms with Crippen LogP contribution in [0.4, 0.5) is 5.69 Å². The smallest absolute Gasteiger partial charge is 0.251 e. The fourth-order valence-corrected chi connectivity index (χ4v) is 2.25. The van der Waals surface area contributed by atoms with Crippen LogP contribution in [0.5, 0.6) is 0 Å². The van der Waals surface area contributed by atoms with Crippen LogP contribution in [0.3, 0.4) is 0 Å². The van der Waals surface area contributed by atoms with Gasteiger partial charge in [-0.25, -0.2) is 4.98 Å². The van der Waals surface area contributed by atoms with Crippen LogP contribution in [0.2, 0.25) is 0 Å². The van der Waals surface area contributed by atoms with Gasteiger partial charge in [-0.1, -0.05) is 13.8 Å². The number of nitrogens with zero attached hydrogens (tertiary/aromatic N) is 2. The van der Waals surface area contributed by atoms with E-state index in [9.17, 15) is 9.59 Å². The average molecular weight is 329 g/mol. The van der Waals surface area contributed by atoms with E-state index < -0.39 is 0 Å². The summed E-state index contributed by atoms with van der Waals surface area (Å²) in [5.74, 6) is 1.31. The van der Waals surface area contributed by atoms with Crippen molar-refractivity contribution in [3.63, 3.8) is 0 Å². The Morgan fingerprint density at radius 2 is 2.00 bits per heavy atom. The van der Waals surface area contributed by atoms with Gasteiger partial charge in [-0.3, -0.25) is 14.7 Å². The molecule has 0 aliphatic heterocycles. The number of hydrogen-bond acceptors (Lipinski definition) is 4. The predicted molar refractivity (Wildman–Crippen MR) is 91.6 cm³/mol. The number of aromatic nitrogens is 3. The monoisotopic (exact) mass is 329 g/mol. The largest absolute Gasteiger partial charge is 0.345 e. The SMILES string of the molecule is Cc1nc(CNC(=O)c2ccc(NC(=O)CC(C)C)c(C)c2)n[nH]1. The maximum Gasteiger partial charge on any atom is 0.251 e. The van der Waals surface area contributed by atoms with Gasteiger partial charge in [-0.2, -0.15) is 5.10 Å². The van der Waals surface area contributed by atoms with Crippen molar-refractivity contribution in [2.45, 2.75) is 40.7 Å². The second-order valence-corrected chi connectivity index (χ2v) is 6.20. The van der Waals surface area contributed by atoms with Crippen LogP contribution >= 0.6 is 0 Å². The molecule has 128 valence electrons. The standard InChI is InChI=1S/C17H23N5O2/c1-10(2)7-16(23)20-14-6-5-13(8-11(14)3)17(24)18-9-15-19-12(4)21-22-15/h5-6,8,10H,7,9H2,1-4H3,(H,18,24)(H,20,23)(H,19,21,22). The molecule has 2 amide bonds. The van der Waals surface area contributed by atoms with Gasteiger partial charge in [0.05, 0.1) is 6.54 Å². The molecule has 0 atom stereocenters. The molecule has 0 aliphatic carbocycles. The van der Waals surface area contributed by atoms with Crippen LogP contribution in [0, 0.1) is 19.8 Å². The van der Waals surface area contributed by atoms with E-state index in [0.717, 1.165) is 11.3 Å². The maximum atomic E-state index is 12.2. The summed E-state index contributed by atoms with van der Waals surface area (Å²) in [5, 5.41) is 12.3. The number of carbonyl (C=O) groups is 2. The van der Waals surface area contributed by atoms with E-state index >= 15 is 0 Å². The van der Waals surface area contributed by atoms with Crippen LogP contribution in [0.1, 0.15) is 47.8 Å². The van der Waals surface area contributed by atoms with Crippen LogP contribution in [0.25, 0.3) is 0 Å². The minimum Gasteiger partial charge on any atom is -0.345 e. The lowest BCUT2D eigenvalue weighted by Gasteiger charge is -2.11. The molecule has 0 fully saturated rings. The third-order valence-corrected chi connectivity index (χ3v) is 3.41. The maximum absolute atomic E-state index is 12.2. The number of nitrogens with one attached hydrogen (secondary N) is 3. The van der Waals surface area contributed by atoms with E-state index in [0.29, 0.717) is 29.6 Å². The Morgan fingerprint density at radius 1 is 1.25 bits per heavy atom. The summed E-state index contributed by atoms with van der Waals surface area (Å²) in [6, 6.07) is 5.19. The molecule has 0 spiro atoms. The molecule has 1 aromatic carbocycles. The Kier molecular flexibility index (Phi) is 5.68. The van der Waals surface area contributed by atoms with Crippen molar-refractivity contribution in [1.29, 1.82) is 0 Å². The molecule has 0 unspecified atom stereocenters. The molecule has 1 heterocycles. The van der Waals surface area contributed by atoms with Crippen LogP contribution in [0.15, 0.2) is 18.2 Å². The average Bonchev–Trinajstić information content (AvgIpc) is 2.91. The highest BCUT2D eigenvalue weighted by molar-refractivity contribution is 5.96. The molecule has 24 heavy (non-hydrogen) atoms. The highest BCUT2D eigenvalue weighted by atomic mass is 16.2. The van der Waals surface area contributed by atoms with Gasteiger partial charge in [0.25, 0.3) is 5.91 Å². The van der Waals surface area contributed by atoms with Crippen molar-refractivity contribution in [3.05, 3.63) is 41.0 Å². The van der Waals surface area contributed by atoms with Crippen molar-refractivity contribution < 1.29 is 9.59 Å². The molecule has 7 heteroatoms. The van der Waals surface area contributed by atoms with Gasteiger partial charge in [0, 0.05) is 17.7 Å². The molecule has 2 rings (SSSR count). The summed E-state index contributed by atoms with van der Waals surface area (Å²) in [7, 11) is 0. The summed E-state index contributed by atoms with van der Waals surface area (Å²) in [5.41, 5.74) is 2.09. The van der Waals surface area contributed by atoms with Crippen molar-refractivity contribution in [1.82, 2.24) is 20.5 Å². The van der Waals surface area contributed by atoms with Crippen LogP contribution in [-0.2, 0) is 11.3 Å². The molecule has 7 nitrogen and oxygen atoms in total. The fraction of sp³-hybridized carbons (Fsp3) is 0.412. The van der Waals surface area contributed by atoms with Crippen molar-refractivity contribution >= 4 is 17.5 Å². The zero-order chi connectivity index (χ0) is 17.7. The van der Waals surface area contributed by atoms with Crippen LogP contribution in [-0.4, -0.2) is 27.0 Å². The van der Waals surface area contributed by atoms with E-state index in [2.05, 4.69) is 25.8 Å². The van der Waals surface area contributed by atoms with Gasteiger partial charge in [-0.15, -0.1) is 0 Å². The van der Waals surface area contributed by atoms with Gasteiger partial charge < -0.3 is 10.6 Å². The van der Waals surface area contributed by atoms with E-state index in [1.165, 1.54) is 0 Å². The molecule has 2 aromatic rings. The first-order valence-corrected chi connectivity index (χ1v) is 7.91. The van der Waals surface area contributed by atoms with E-state index in [4.69, 9.17) is 0 Å². The Hall–Kier alpha value is -2.70. The normalized spacial score (nSPS) is 10.7. The molecular formula is C17H23N5O2. The predicted octanol–water partition coefficient (Wildman–Crippen LogP) is 2.34. The second-order valence-electron chi connectivity index (χ2n) is 6.20. The number of rotatable bonds is 6. The summed E-state index contributed by atoms with van der Waals surface area (Å²) in [6.07, 6.45) is 0.470. The summed E-state index contributed by atoms with van der Waals surface area (Å²) in [6.45, 7) is 7.91. The highest BCUT2D eigenvalue weighted by Crippen LogP contribution is 2.17. The Bertz CT molecular complexity index is 736. The molecule has 0 bridgehead atoms. The zero-order valence-electron chi connectivity index (χ0n) is 14.4. The third-order valence-electron chi connectivity index (χ3n) is 3.41. The summed E-state index contributed by atoms with van der Waals surface area (Å²) >= 11 is 0. The molecular weight excluding hydrogens is 306 g/mol. The van der Waals surface area contributed by atoms with Gasteiger partial charge in [0.2, 0.25) is 5.91 Å². The Labute approximate surface area is 141 Å². The zero-order valence-corrected chi connectivity index (χ0v) is 14.4. The number of aryl methyl sites for hydroxylation is 2. The number of carbonyl (C=O) groups excluding carboxylic acids is 2. The fourth-order valence-electron chi connectivity index (χ4n) is 2.25. The van der Waals surface area contributed by atoms with Gasteiger partial charge in [0.1, 0.15) is 5.82 Å². The molecule has 0 saturated carbocycles. The Morgan fingerprint density at radius 3 is 2.58 bits per heavy atom. The minimum absolute atomic E-state index is 0.0229. The third kappa shape index (κ3) is 4.91. The highest BCUT2D eigenvalue weighted by Gasteiger charge is 2.11. The number of anilines is 1. The number of aromatic amines is 1. The Balaban J connectivity index is 1.97. The van der Waals surface area contributed by atoms with E-state index in [1.54, 1.807) is 25.1 Å². The molecule has 0 saturated heterocycles. The van der Waals surface area contributed by atoms with E-state index in [-0.39, 0.29) is 18.4 Å². The first-order chi connectivity index (χ1) is 11.3. The van der Waals surface area contributed by atoms with E-state index in [1.807, 2.05) is 20.8 Å². The second kappa shape index (κ2) is 7.72. The summed E-state index contributed by atoms with van der Waals surface area (Å²) < 4.78 is 0. The topological polar surface area (TPSA) is 99.8 Å². The number of hydrogen-bond donors (Lipinski definition) is 3. The number of H-pyrrole nitrogens is 1. The molecule has 3 N–H and O–H groups in total. The molecule has 0 aliphatic rings. The quantitative estimate of drug-likeness (QED) is 0.757. The lowest BCUT2D eigenvalue weighted by Crippen LogP contribution is -2.23. The van der Waals surface area contributed by atoms with Gasteiger partial charge in [0.15, 0.2) is 5.82 Å².